The first-order valence-corrected chi connectivity index (χ1v) is 5.13. The van der Waals surface area contributed by atoms with E-state index in [-0.39, 0.29) is 6.10 Å². The third-order valence-corrected chi connectivity index (χ3v) is 3.15. The average molecular weight is 184 g/mol. The van der Waals surface area contributed by atoms with Crippen LogP contribution in [0.1, 0.15) is 46.5 Å². The first kappa shape index (κ1) is 10.6. The van der Waals surface area contributed by atoms with Crippen molar-refractivity contribution in [3.63, 3.8) is 0 Å². The molecule has 0 aromatic rings. The third-order valence-electron chi connectivity index (χ3n) is 3.15. The maximum Gasteiger partial charge on any atom is 0.293 e. The Morgan fingerprint density at radius 2 is 1.69 bits per heavy atom. The molecule has 1 saturated carbocycles. The second-order valence-corrected chi connectivity index (χ2v) is 5.07. The van der Waals surface area contributed by atoms with E-state index >= 15 is 0 Å². The summed E-state index contributed by atoms with van der Waals surface area (Å²) in [5, 5.41) is 0. The fraction of sp³-hybridized carbons (Fsp3) is 0.909. The standard InChI is InChI=1S/C11H20O2/c1-11(2,3)9-4-6-10(7-5-9)13-8-12/h8-10H,4-7H2,1-3H3. The van der Waals surface area contributed by atoms with Crippen LogP contribution < -0.4 is 0 Å². The minimum atomic E-state index is 0.191. The molecule has 76 valence electrons. The van der Waals surface area contributed by atoms with Crippen molar-refractivity contribution >= 4 is 6.47 Å². The predicted octanol–water partition coefficient (Wildman–Crippen LogP) is 2.76. The van der Waals surface area contributed by atoms with Crippen molar-refractivity contribution in [2.24, 2.45) is 11.3 Å². The van der Waals surface area contributed by atoms with Crippen molar-refractivity contribution < 1.29 is 9.53 Å². The van der Waals surface area contributed by atoms with Gasteiger partial charge in [0.2, 0.25) is 0 Å². The number of ether oxygens (including phenoxy) is 1. The number of hydrogen-bond acceptors (Lipinski definition) is 2. The Morgan fingerprint density at radius 3 is 2.08 bits per heavy atom. The van der Waals surface area contributed by atoms with Gasteiger partial charge in [-0.2, -0.15) is 0 Å². The number of hydrogen-bond donors (Lipinski definition) is 0. The van der Waals surface area contributed by atoms with Gasteiger partial charge in [-0.1, -0.05) is 20.8 Å². The van der Waals surface area contributed by atoms with Gasteiger partial charge in [-0.3, -0.25) is 4.79 Å². The minimum absolute atomic E-state index is 0.191. The van der Waals surface area contributed by atoms with E-state index < -0.39 is 0 Å². The van der Waals surface area contributed by atoms with Crippen molar-refractivity contribution in [3.8, 4) is 0 Å². The smallest absolute Gasteiger partial charge is 0.293 e. The summed E-state index contributed by atoms with van der Waals surface area (Å²) in [7, 11) is 0. The first-order valence-electron chi connectivity index (χ1n) is 5.13. The van der Waals surface area contributed by atoms with Crippen molar-refractivity contribution in [2.45, 2.75) is 52.6 Å². The van der Waals surface area contributed by atoms with Gasteiger partial charge in [0.25, 0.3) is 6.47 Å². The third kappa shape index (κ3) is 3.02. The summed E-state index contributed by atoms with van der Waals surface area (Å²) in [6.07, 6.45) is 4.67. The molecule has 1 aliphatic carbocycles. The molecule has 0 aromatic heterocycles. The van der Waals surface area contributed by atoms with E-state index in [4.69, 9.17) is 4.74 Å². The molecule has 2 nitrogen and oxygen atoms in total. The molecule has 0 unspecified atom stereocenters. The van der Waals surface area contributed by atoms with Crippen LogP contribution in [0, 0.1) is 11.3 Å². The topological polar surface area (TPSA) is 26.3 Å². The largest absolute Gasteiger partial charge is 0.465 e. The van der Waals surface area contributed by atoms with E-state index in [9.17, 15) is 4.79 Å². The fourth-order valence-corrected chi connectivity index (χ4v) is 2.14. The van der Waals surface area contributed by atoms with Crippen LogP contribution in [-0.2, 0) is 9.53 Å². The second-order valence-electron chi connectivity index (χ2n) is 5.07. The highest BCUT2D eigenvalue weighted by Crippen LogP contribution is 2.38. The first-order chi connectivity index (χ1) is 6.04. The highest BCUT2D eigenvalue weighted by atomic mass is 16.5. The molecule has 1 fully saturated rings. The average Bonchev–Trinajstić information content (AvgIpc) is 2.04. The molecule has 0 radical (unpaired) electrons. The summed E-state index contributed by atoms with van der Waals surface area (Å²) in [6, 6.07) is 0. The number of carbonyl (C=O) groups is 1. The van der Waals surface area contributed by atoms with Crippen molar-refractivity contribution in [2.75, 3.05) is 0 Å². The van der Waals surface area contributed by atoms with Gasteiger partial charge in [0.1, 0.15) is 6.10 Å². The summed E-state index contributed by atoms with van der Waals surface area (Å²) in [5.74, 6) is 0.791. The summed E-state index contributed by atoms with van der Waals surface area (Å²) in [5.41, 5.74) is 0.409. The SMILES string of the molecule is CC(C)(C)C1CCC(OC=O)CC1. The molecular weight excluding hydrogens is 164 g/mol. The highest BCUT2D eigenvalue weighted by molar-refractivity contribution is 5.37. The zero-order valence-corrected chi connectivity index (χ0v) is 8.88. The highest BCUT2D eigenvalue weighted by Gasteiger charge is 2.29. The maximum atomic E-state index is 10.1. The lowest BCUT2D eigenvalue weighted by molar-refractivity contribution is -0.135. The number of rotatable bonds is 2. The summed E-state index contributed by atoms with van der Waals surface area (Å²) >= 11 is 0. The fourth-order valence-electron chi connectivity index (χ4n) is 2.14. The van der Waals surface area contributed by atoms with Crippen LogP contribution >= 0.6 is 0 Å². The van der Waals surface area contributed by atoms with Gasteiger partial charge < -0.3 is 4.74 Å². The molecular formula is C11H20O2. The van der Waals surface area contributed by atoms with Gasteiger partial charge in [-0.25, -0.2) is 0 Å². The van der Waals surface area contributed by atoms with Gasteiger partial charge in [-0.15, -0.1) is 0 Å². The molecule has 2 heteroatoms. The quantitative estimate of drug-likeness (QED) is 0.617. The molecule has 0 aliphatic heterocycles. The molecule has 0 amide bonds. The Kier molecular flexibility index (Phi) is 3.34. The summed E-state index contributed by atoms with van der Waals surface area (Å²) in [4.78, 5) is 10.1. The monoisotopic (exact) mass is 184 g/mol. The van der Waals surface area contributed by atoms with Crippen molar-refractivity contribution in [3.05, 3.63) is 0 Å². The van der Waals surface area contributed by atoms with E-state index in [1.807, 2.05) is 0 Å². The molecule has 0 atom stereocenters. The summed E-state index contributed by atoms with van der Waals surface area (Å²) in [6.45, 7) is 7.46. The molecule has 1 rings (SSSR count). The molecule has 0 N–H and O–H groups in total. The molecule has 13 heavy (non-hydrogen) atoms. The van der Waals surface area contributed by atoms with E-state index in [1.165, 1.54) is 12.8 Å². The Bertz CT molecular complexity index is 161. The molecule has 0 heterocycles. The molecule has 0 aromatic carbocycles. The second kappa shape index (κ2) is 4.12. The zero-order valence-electron chi connectivity index (χ0n) is 8.88. The zero-order chi connectivity index (χ0) is 9.90. The Morgan fingerprint density at radius 1 is 1.15 bits per heavy atom. The van der Waals surface area contributed by atoms with Crippen LogP contribution in [0.4, 0.5) is 0 Å². The number of carbonyl (C=O) groups excluding carboxylic acids is 1. The van der Waals surface area contributed by atoms with Gasteiger partial charge >= 0.3 is 0 Å². The van der Waals surface area contributed by atoms with Gasteiger partial charge in [0, 0.05) is 0 Å². The maximum absolute atomic E-state index is 10.1. The van der Waals surface area contributed by atoms with Crippen LogP contribution in [0.25, 0.3) is 0 Å². The van der Waals surface area contributed by atoms with Crippen LogP contribution in [0.15, 0.2) is 0 Å². The van der Waals surface area contributed by atoms with E-state index in [2.05, 4.69) is 20.8 Å². The Hall–Kier alpha value is -0.530. The van der Waals surface area contributed by atoms with Crippen LogP contribution in [-0.4, -0.2) is 12.6 Å². The molecule has 0 saturated heterocycles. The molecule has 1 aliphatic rings. The van der Waals surface area contributed by atoms with Gasteiger partial charge in [-0.05, 0) is 37.0 Å². The summed E-state index contributed by atoms with van der Waals surface area (Å²) < 4.78 is 4.96. The van der Waals surface area contributed by atoms with Gasteiger partial charge in [0.05, 0.1) is 0 Å². The van der Waals surface area contributed by atoms with E-state index in [1.54, 1.807) is 0 Å². The predicted molar refractivity (Wildman–Crippen MR) is 52.4 cm³/mol. The van der Waals surface area contributed by atoms with Gasteiger partial charge in [0.15, 0.2) is 0 Å². The molecule has 0 bridgehead atoms. The lowest BCUT2D eigenvalue weighted by Gasteiger charge is -2.36. The minimum Gasteiger partial charge on any atom is -0.465 e. The lowest BCUT2D eigenvalue weighted by atomic mass is 9.72. The normalized spacial score (nSPS) is 29.8. The van der Waals surface area contributed by atoms with E-state index in [0.717, 1.165) is 18.8 Å². The van der Waals surface area contributed by atoms with Crippen LogP contribution in [0.2, 0.25) is 0 Å². The van der Waals surface area contributed by atoms with Crippen LogP contribution in [0.5, 0.6) is 0 Å². The Labute approximate surface area is 80.7 Å². The lowest BCUT2D eigenvalue weighted by Crippen LogP contribution is -2.28. The van der Waals surface area contributed by atoms with Crippen molar-refractivity contribution in [1.82, 2.24) is 0 Å². The van der Waals surface area contributed by atoms with Crippen LogP contribution in [0.3, 0.4) is 0 Å². The van der Waals surface area contributed by atoms with Crippen molar-refractivity contribution in [1.29, 1.82) is 0 Å². The molecule has 0 spiro atoms. The Balaban J connectivity index is 2.34. The van der Waals surface area contributed by atoms with E-state index in [0.29, 0.717) is 11.9 Å².